The quantitative estimate of drug-likeness (QED) is 0.149. The highest BCUT2D eigenvalue weighted by molar-refractivity contribution is 8.06. The molecule has 200 valence electrons. The van der Waals surface area contributed by atoms with Crippen LogP contribution in [0.3, 0.4) is 0 Å². The molecule has 18 heteroatoms. The lowest BCUT2D eigenvalue weighted by molar-refractivity contribution is 0.443. The van der Waals surface area contributed by atoms with E-state index in [1.807, 2.05) is 0 Å². The Morgan fingerprint density at radius 2 is 1.03 bits per heavy atom. The molecule has 0 aromatic rings. The average molecular weight is 575 g/mol. The normalized spacial score (nSPS) is 23.6. The maximum atomic E-state index is 13.4. The van der Waals surface area contributed by atoms with Crippen molar-refractivity contribution in [1.29, 1.82) is 0 Å². The van der Waals surface area contributed by atoms with Gasteiger partial charge in [0.15, 0.2) is 41.8 Å². The Balaban J connectivity index is 2.46. The van der Waals surface area contributed by atoms with Gasteiger partial charge in [0, 0.05) is 9.82 Å². The summed E-state index contributed by atoms with van der Waals surface area (Å²) in [6, 6.07) is 0. The summed E-state index contributed by atoms with van der Waals surface area (Å²) < 4.78 is 92.4. The van der Waals surface area contributed by atoms with Gasteiger partial charge in [-0.05, 0) is 56.0 Å². The second-order valence-corrected chi connectivity index (χ2v) is 16.5. The van der Waals surface area contributed by atoms with Gasteiger partial charge < -0.3 is 9.11 Å². The van der Waals surface area contributed by atoms with Crippen LogP contribution in [0.2, 0.25) is 0 Å². The monoisotopic (exact) mass is 574 g/mol. The molecule has 0 radical (unpaired) electrons. The summed E-state index contributed by atoms with van der Waals surface area (Å²) in [5.74, 6) is 0. The van der Waals surface area contributed by atoms with Gasteiger partial charge in [-0.2, -0.15) is 0 Å². The van der Waals surface area contributed by atoms with Crippen molar-refractivity contribution in [2.45, 2.75) is 102 Å². The van der Waals surface area contributed by atoms with Gasteiger partial charge >= 0.3 is 0 Å². The van der Waals surface area contributed by atoms with E-state index in [0.29, 0.717) is 25.7 Å². The standard InChI is InChI=1S/C17H30N6O8S4/c18-22-20-16(32(24)25,34(28,29)14-8-3-1-4-9-14)12-7-13-17(21-23-19,33(26)27)35(30,31)15-10-5-2-6-11-15/h14-15H,1-13H2,(H,24,25)(H,26,27). The van der Waals surface area contributed by atoms with E-state index in [4.69, 9.17) is 11.1 Å². The Kier molecular flexibility index (Phi) is 10.5. The van der Waals surface area contributed by atoms with E-state index in [0.717, 1.165) is 12.8 Å². The third-order valence-corrected chi connectivity index (χ3v) is 15.8. The van der Waals surface area contributed by atoms with Crippen LogP contribution in [0.25, 0.3) is 20.9 Å². The van der Waals surface area contributed by atoms with Crippen molar-refractivity contribution in [3.8, 4) is 0 Å². The molecule has 2 saturated carbocycles. The maximum absolute atomic E-state index is 13.4. The lowest BCUT2D eigenvalue weighted by atomic mass is 10.0. The van der Waals surface area contributed by atoms with Crippen molar-refractivity contribution in [3.05, 3.63) is 20.9 Å². The number of hydrogen-bond donors (Lipinski definition) is 2. The summed E-state index contributed by atoms with van der Waals surface area (Å²) in [6.45, 7) is 0. The fraction of sp³-hybridized carbons (Fsp3) is 1.00. The number of hydrogen-bond acceptors (Lipinski definition) is 8. The highest BCUT2D eigenvalue weighted by Crippen LogP contribution is 2.42. The summed E-state index contributed by atoms with van der Waals surface area (Å²) >= 11 is -6.40. The average Bonchev–Trinajstić information content (AvgIpc) is 2.83. The molecule has 0 spiro atoms. The molecule has 14 nitrogen and oxygen atoms in total. The largest absolute Gasteiger partial charge is 0.305 e. The highest BCUT2D eigenvalue weighted by Gasteiger charge is 2.56. The molecule has 2 fully saturated rings. The predicted octanol–water partition coefficient (Wildman–Crippen LogP) is 4.02. The SMILES string of the molecule is [N-]=[N+]=NC(CCCC(N=[N+]=[N-])(S(=O)O)S(=O)(=O)C1CCCCC1)(S(=O)O)S(=O)(=O)C1CCCCC1. The summed E-state index contributed by atoms with van der Waals surface area (Å²) in [4.78, 5) is 4.96. The van der Waals surface area contributed by atoms with Crippen LogP contribution in [0, 0.1) is 0 Å². The van der Waals surface area contributed by atoms with E-state index in [-0.39, 0.29) is 25.7 Å². The van der Waals surface area contributed by atoms with Crippen LogP contribution in [0.15, 0.2) is 10.2 Å². The zero-order valence-electron chi connectivity index (χ0n) is 19.0. The first-order chi connectivity index (χ1) is 16.4. The zero-order valence-corrected chi connectivity index (χ0v) is 22.3. The number of azide groups is 2. The maximum Gasteiger partial charge on any atom is 0.250 e. The molecule has 2 N–H and O–H groups in total. The minimum absolute atomic E-state index is 0.210. The van der Waals surface area contributed by atoms with Crippen molar-refractivity contribution in [1.82, 2.24) is 0 Å². The van der Waals surface area contributed by atoms with E-state index < -0.39 is 80.0 Å². The molecule has 0 aromatic carbocycles. The molecular formula is C17H30N6O8S4. The lowest BCUT2D eigenvalue weighted by Gasteiger charge is -2.34. The van der Waals surface area contributed by atoms with E-state index in [9.17, 15) is 34.4 Å². The summed E-state index contributed by atoms with van der Waals surface area (Å²) in [5, 5.41) is 4.37. The van der Waals surface area contributed by atoms with E-state index in [2.05, 4.69) is 20.1 Å². The predicted molar refractivity (Wildman–Crippen MR) is 131 cm³/mol. The Bertz CT molecular complexity index is 1030. The highest BCUT2D eigenvalue weighted by atomic mass is 32.3. The fourth-order valence-electron chi connectivity index (χ4n) is 4.88. The lowest BCUT2D eigenvalue weighted by Crippen LogP contribution is -2.49. The molecule has 0 aliphatic heterocycles. The van der Waals surface area contributed by atoms with Crippen LogP contribution in [0.5, 0.6) is 0 Å². The second-order valence-electron chi connectivity index (χ2n) is 8.77. The van der Waals surface area contributed by atoms with Crippen molar-refractivity contribution in [3.63, 3.8) is 0 Å². The molecule has 4 atom stereocenters. The molecule has 0 amide bonds. The first-order valence-electron chi connectivity index (χ1n) is 11.2. The van der Waals surface area contributed by atoms with Crippen LogP contribution < -0.4 is 0 Å². The van der Waals surface area contributed by atoms with Crippen LogP contribution in [0.1, 0.15) is 83.5 Å². The summed E-state index contributed by atoms with van der Waals surface area (Å²) in [5.41, 5.74) is 18.1. The molecule has 0 saturated heterocycles. The topological polar surface area (TPSA) is 240 Å². The molecule has 4 unspecified atom stereocenters. The molecule has 0 heterocycles. The second kappa shape index (κ2) is 12.3. The van der Waals surface area contributed by atoms with Crippen LogP contribution in [-0.2, 0) is 41.8 Å². The molecule has 2 aliphatic carbocycles. The number of sulfone groups is 2. The Morgan fingerprint density at radius 3 is 1.29 bits per heavy atom. The van der Waals surface area contributed by atoms with Crippen molar-refractivity contribution in [2.24, 2.45) is 10.2 Å². The van der Waals surface area contributed by atoms with Gasteiger partial charge in [0.2, 0.25) is 8.41 Å². The fourth-order valence-corrected chi connectivity index (χ4v) is 12.2. The number of nitrogens with zero attached hydrogens (tertiary/aromatic N) is 6. The van der Waals surface area contributed by atoms with Crippen LogP contribution in [0.4, 0.5) is 0 Å². The van der Waals surface area contributed by atoms with E-state index in [1.165, 1.54) is 0 Å². The summed E-state index contributed by atoms with van der Waals surface area (Å²) in [7, 11) is -9.03. The Labute approximate surface area is 209 Å². The van der Waals surface area contributed by atoms with Gasteiger partial charge in [-0.15, -0.1) is 0 Å². The Hall–Kier alpha value is -1.26. The third-order valence-electron chi connectivity index (χ3n) is 6.80. The smallest absolute Gasteiger partial charge is 0.250 e. The molecular weight excluding hydrogens is 544 g/mol. The first-order valence-corrected chi connectivity index (χ1v) is 16.5. The van der Waals surface area contributed by atoms with Gasteiger partial charge in [-0.1, -0.05) is 48.8 Å². The minimum atomic E-state index is -4.52. The first kappa shape index (κ1) is 30.0. The zero-order chi connectivity index (χ0) is 26.3. The van der Waals surface area contributed by atoms with E-state index >= 15 is 0 Å². The van der Waals surface area contributed by atoms with Crippen molar-refractivity contribution in [2.75, 3.05) is 0 Å². The number of rotatable bonds is 12. The van der Waals surface area contributed by atoms with Crippen molar-refractivity contribution >= 4 is 41.8 Å². The molecule has 0 aromatic heterocycles. The third kappa shape index (κ3) is 5.85. The van der Waals surface area contributed by atoms with Gasteiger partial charge in [0.25, 0.3) is 0 Å². The molecule has 2 aliphatic rings. The minimum Gasteiger partial charge on any atom is -0.305 e. The van der Waals surface area contributed by atoms with Gasteiger partial charge in [-0.3, -0.25) is 0 Å². The van der Waals surface area contributed by atoms with Crippen LogP contribution in [-0.4, -0.2) is 53.3 Å². The van der Waals surface area contributed by atoms with Crippen LogP contribution >= 0.6 is 0 Å². The van der Waals surface area contributed by atoms with Gasteiger partial charge in [-0.25, -0.2) is 25.3 Å². The summed E-state index contributed by atoms with van der Waals surface area (Å²) in [6.07, 6.45) is 2.51. The molecule has 0 bridgehead atoms. The molecule has 2 rings (SSSR count). The Morgan fingerprint density at radius 1 is 0.714 bits per heavy atom. The van der Waals surface area contributed by atoms with Gasteiger partial charge in [0.05, 0.1) is 10.5 Å². The molecule has 35 heavy (non-hydrogen) atoms. The van der Waals surface area contributed by atoms with E-state index in [1.54, 1.807) is 0 Å². The van der Waals surface area contributed by atoms with Gasteiger partial charge in [0.1, 0.15) is 0 Å². The van der Waals surface area contributed by atoms with Crippen molar-refractivity contribution < 1.29 is 34.4 Å².